The second-order valence-corrected chi connectivity index (χ2v) is 10.2. The maximum absolute atomic E-state index is 13.6. The van der Waals surface area contributed by atoms with Gasteiger partial charge in [-0.3, -0.25) is 14.5 Å². The highest BCUT2D eigenvalue weighted by atomic mass is 19.4. The van der Waals surface area contributed by atoms with Crippen LogP contribution < -0.4 is 14.5 Å². The summed E-state index contributed by atoms with van der Waals surface area (Å²) in [5.74, 6) is -1.94. The zero-order valence-electron chi connectivity index (χ0n) is 22.8. The number of carboxylic acids is 1. The van der Waals surface area contributed by atoms with E-state index in [4.69, 9.17) is 9.84 Å². The number of hydrogen-bond acceptors (Lipinski definition) is 8. The van der Waals surface area contributed by atoms with Crippen molar-refractivity contribution >= 4 is 23.4 Å². The smallest absolute Gasteiger partial charge is 0.406 e. The van der Waals surface area contributed by atoms with Crippen molar-refractivity contribution in [3.8, 4) is 11.6 Å². The van der Waals surface area contributed by atoms with Gasteiger partial charge in [-0.1, -0.05) is 0 Å². The molecule has 42 heavy (non-hydrogen) atoms. The lowest BCUT2D eigenvalue weighted by molar-refractivity contribution is -0.139. The molecule has 1 aliphatic rings. The number of anilines is 2. The van der Waals surface area contributed by atoms with Gasteiger partial charge in [-0.05, 0) is 67.1 Å². The number of carboxylic acid groups (broad SMARTS) is 1. The zero-order valence-corrected chi connectivity index (χ0v) is 22.8. The number of carbonyl (C=O) groups is 2. The van der Waals surface area contributed by atoms with Crippen molar-refractivity contribution in [3.63, 3.8) is 0 Å². The van der Waals surface area contributed by atoms with Gasteiger partial charge in [0, 0.05) is 37.6 Å². The number of ether oxygens (including phenoxy) is 1. The van der Waals surface area contributed by atoms with Crippen LogP contribution in [0.1, 0.15) is 46.9 Å². The minimum Gasteiger partial charge on any atom is -0.508 e. The molecule has 1 aromatic carbocycles. The second-order valence-electron chi connectivity index (χ2n) is 10.2. The number of phenols is 1. The first-order valence-electron chi connectivity index (χ1n) is 13.3. The van der Waals surface area contributed by atoms with Gasteiger partial charge >= 0.3 is 12.1 Å². The number of nitrogens with zero attached hydrogens (tertiary/aromatic N) is 4. The lowest BCUT2D eigenvalue weighted by atomic mass is 9.96. The summed E-state index contributed by atoms with van der Waals surface area (Å²) < 4.78 is 46.3. The van der Waals surface area contributed by atoms with Crippen molar-refractivity contribution in [2.24, 2.45) is 5.92 Å². The first-order chi connectivity index (χ1) is 19.9. The van der Waals surface area contributed by atoms with E-state index < -0.39 is 37.1 Å². The predicted octanol–water partition coefficient (Wildman–Crippen LogP) is 4.50. The Kier molecular flexibility index (Phi) is 9.51. The summed E-state index contributed by atoms with van der Waals surface area (Å²) in [7, 11) is 0. The molecule has 1 atom stereocenters. The first kappa shape index (κ1) is 30.6. The van der Waals surface area contributed by atoms with E-state index in [1.165, 1.54) is 48.8 Å². The lowest BCUT2D eigenvalue weighted by Crippen LogP contribution is -2.41. The molecule has 0 aliphatic carbocycles. The molecular formula is C29H31F3N4O6. The summed E-state index contributed by atoms with van der Waals surface area (Å²) in [4.78, 5) is 35.0. The van der Waals surface area contributed by atoms with E-state index in [1.807, 2.05) is 4.90 Å². The molecule has 0 saturated carbocycles. The third-order valence-corrected chi connectivity index (χ3v) is 6.91. The number of rotatable bonds is 10. The average Bonchev–Trinajstić information content (AvgIpc) is 2.94. The molecular weight excluding hydrogens is 557 g/mol. The van der Waals surface area contributed by atoms with Gasteiger partial charge < -0.3 is 25.0 Å². The van der Waals surface area contributed by atoms with Crippen LogP contribution >= 0.6 is 0 Å². The highest BCUT2D eigenvalue weighted by Gasteiger charge is 2.36. The number of benzene rings is 1. The second kappa shape index (κ2) is 13.1. The number of aromatic hydroxyl groups is 1. The lowest BCUT2D eigenvalue weighted by Gasteiger charge is -2.35. The van der Waals surface area contributed by atoms with Crippen molar-refractivity contribution < 1.29 is 42.8 Å². The maximum atomic E-state index is 13.6. The van der Waals surface area contributed by atoms with Gasteiger partial charge in [0.15, 0.2) is 0 Å². The van der Waals surface area contributed by atoms with Gasteiger partial charge in [0.2, 0.25) is 5.88 Å². The van der Waals surface area contributed by atoms with Crippen LogP contribution in [0.4, 0.5) is 24.7 Å². The molecule has 1 amide bonds. The normalized spacial score (nSPS) is 14.8. The summed E-state index contributed by atoms with van der Waals surface area (Å²) in [6, 6.07) is 9.99. The Morgan fingerprint density at radius 1 is 1.10 bits per heavy atom. The maximum Gasteiger partial charge on any atom is 0.406 e. The van der Waals surface area contributed by atoms with Crippen LogP contribution in [0.15, 0.2) is 54.9 Å². The number of aliphatic carboxylic acids is 1. The van der Waals surface area contributed by atoms with Crippen molar-refractivity contribution in [2.45, 2.75) is 38.5 Å². The fourth-order valence-electron chi connectivity index (χ4n) is 4.75. The largest absolute Gasteiger partial charge is 0.508 e. The molecule has 2 aromatic heterocycles. The zero-order chi connectivity index (χ0) is 30.4. The third kappa shape index (κ3) is 8.09. The number of aliphatic hydroxyl groups is 1. The van der Waals surface area contributed by atoms with Crippen molar-refractivity contribution in [1.82, 2.24) is 9.97 Å². The molecule has 0 radical (unpaired) electrons. The summed E-state index contributed by atoms with van der Waals surface area (Å²) in [5.41, 5.74) is 1.35. The molecule has 4 rings (SSSR count). The molecule has 1 aliphatic heterocycles. The average molecular weight is 589 g/mol. The van der Waals surface area contributed by atoms with Crippen LogP contribution in [0.5, 0.6) is 11.6 Å². The quantitative estimate of drug-likeness (QED) is 0.313. The molecule has 0 spiro atoms. The van der Waals surface area contributed by atoms with Crippen LogP contribution in [-0.4, -0.2) is 69.6 Å². The van der Waals surface area contributed by atoms with E-state index in [-0.39, 0.29) is 28.9 Å². The Balaban J connectivity index is 1.45. The minimum absolute atomic E-state index is 0.0102. The molecule has 1 saturated heterocycles. The number of hydrogen-bond donors (Lipinski definition) is 3. The molecule has 13 heteroatoms. The first-order valence-corrected chi connectivity index (χ1v) is 13.3. The van der Waals surface area contributed by atoms with Crippen LogP contribution in [0.25, 0.3) is 0 Å². The number of carbonyl (C=O) groups excluding carboxylic acids is 1. The fourth-order valence-corrected chi connectivity index (χ4v) is 4.75. The van der Waals surface area contributed by atoms with Crippen molar-refractivity contribution in [1.29, 1.82) is 0 Å². The van der Waals surface area contributed by atoms with Gasteiger partial charge in [0.05, 0.1) is 30.4 Å². The fraction of sp³-hybridized carbons (Fsp3) is 0.379. The number of aromatic nitrogens is 2. The van der Waals surface area contributed by atoms with E-state index in [0.29, 0.717) is 54.3 Å². The molecule has 3 N–H and O–H groups in total. The molecule has 0 bridgehead atoms. The highest BCUT2D eigenvalue weighted by molar-refractivity contribution is 6.09. The predicted molar refractivity (Wildman–Crippen MR) is 147 cm³/mol. The Morgan fingerprint density at radius 2 is 1.81 bits per heavy atom. The van der Waals surface area contributed by atoms with Gasteiger partial charge in [0.25, 0.3) is 5.91 Å². The Labute approximate surface area is 240 Å². The van der Waals surface area contributed by atoms with Crippen LogP contribution in [0.2, 0.25) is 0 Å². The summed E-state index contributed by atoms with van der Waals surface area (Å²) in [6.07, 6.45) is -2.30. The van der Waals surface area contributed by atoms with Crippen molar-refractivity contribution in [3.05, 3.63) is 71.5 Å². The van der Waals surface area contributed by atoms with Crippen molar-refractivity contribution in [2.75, 3.05) is 36.0 Å². The van der Waals surface area contributed by atoms with Crippen LogP contribution in [-0.2, 0) is 4.79 Å². The molecule has 1 unspecified atom stereocenters. The molecule has 3 aromatic rings. The molecule has 1 fully saturated rings. The standard InChI is InChI=1S/C29H31F3N4O6/c1-18-4-8-33-25(12-18)36(17-29(30,31)32)28(41)22-3-2-21(37)14-23(22)35-10-6-19(7-11-35)16-42-26-13-20(5-9-34-26)24(38)15-27(39)40/h2-5,8-9,12-14,19,24,37-38H,6-7,10-11,15-17H2,1H3,(H,39,40). The van der Waals surface area contributed by atoms with Crippen LogP contribution in [0, 0.1) is 12.8 Å². The number of amides is 1. The molecule has 224 valence electrons. The SMILES string of the molecule is Cc1ccnc(N(CC(F)(F)F)C(=O)c2ccc(O)cc2N2CCC(COc3cc(C(O)CC(=O)O)ccn3)CC2)c1. The summed E-state index contributed by atoms with van der Waals surface area (Å²) in [5, 5.41) is 29.1. The monoisotopic (exact) mass is 588 g/mol. The third-order valence-electron chi connectivity index (χ3n) is 6.91. The number of aliphatic hydroxyl groups excluding tert-OH is 1. The van der Waals surface area contributed by atoms with Gasteiger partial charge in [-0.15, -0.1) is 0 Å². The van der Waals surface area contributed by atoms with E-state index in [9.17, 15) is 33.0 Å². The van der Waals surface area contributed by atoms with E-state index >= 15 is 0 Å². The van der Waals surface area contributed by atoms with E-state index in [1.54, 1.807) is 13.0 Å². The number of piperidine rings is 1. The minimum atomic E-state index is -4.67. The summed E-state index contributed by atoms with van der Waals surface area (Å²) in [6.45, 7) is 1.36. The van der Waals surface area contributed by atoms with Gasteiger partial charge in [-0.2, -0.15) is 13.2 Å². The molecule has 3 heterocycles. The topological polar surface area (TPSA) is 136 Å². The number of phenolic OH excluding ortho intramolecular Hbond substituents is 1. The van der Waals surface area contributed by atoms with E-state index in [2.05, 4.69) is 9.97 Å². The summed E-state index contributed by atoms with van der Waals surface area (Å²) >= 11 is 0. The van der Waals surface area contributed by atoms with Gasteiger partial charge in [-0.25, -0.2) is 9.97 Å². The molecule has 10 nitrogen and oxygen atoms in total. The van der Waals surface area contributed by atoms with Crippen LogP contribution in [0.3, 0.4) is 0 Å². The number of aryl methyl sites for hydroxylation is 1. The Morgan fingerprint density at radius 3 is 2.48 bits per heavy atom. The number of pyridine rings is 2. The van der Waals surface area contributed by atoms with Gasteiger partial charge in [0.1, 0.15) is 18.1 Å². The number of alkyl halides is 3. The Bertz CT molecular complexity index is 1410. The highest BCUT2D eigenvalue weighted by Crippen LogP contribution is 2.33. The van der Waals surface area contributed by atoms with E-state index in [0.717, 1.165) is 0 Å². The Hall–Kier alpha value is -4.39. The number of halogens is 3.